The van der Waals surface area contributed by atoms with E-state index < -0.39 is 0 Å². The number of amides is 1. The molecular weight excluding hydrogens is 486 g/mol. The summed E-state index contributed by atoms with van der Waals surface area (Å²) in [5, 5.41) is 15.2. The second-order valence-electron chi connectivity index (χ2n) is 7.81. The molecular formula is C24H22BrN5OS. The van der Waals surface area contributed by atoms with E-state index in [0.717, 1.165) is 32.4 Å². The second kappa shape index (κ2) is 9.18. The molecule has 0 aliphatic heterocycles. The molecule has 0 unspecified atom stereocenters. The lowest BCUT2D eigenvalue weighted by molar-refractivity contribution is 0.0977. The molecule has 4 aromatic rings. The number of benzene rings is 3. The number of halogens is 1. The molecule has 2 N–H and O–H groups in total. The minimum Gasteiger partial charge on any atom is -0.332 e. The Balaban J connectivity index is 1.52. The highest BCUT2D eigenvalue weighted by Crippen LogP contribution is 2.23. The largest absolute Gasteiger partial charge is 0.332 e. The van der Waals surface area contributed by atoms with E-state index in [-0.39, 0.29) is 11.0 Å². The Kier molecular flexibility index (Phi) is 6.34. The van der Waals surface area contributed by atoms with E-state index in [1.54, 1.807) is 16.9 Å². The summed E-state index contributed by atoms with van der Waals surface area (Å²) in [6.45, 7) is 6.29. The summed E-state index contributed by atoms with van der Waals surface area (Å²) < 4.78 is 0.905. The number of thiocarbonyl (C=S) groups is 1. The fraction of sp³-hybridized carbons (Fsp3) is 0.167. The average Bonchev–Trinajstić information content (AvgIpc) is 3.17. The summed E-state index contributed by atoms with van der Waals surface area (Å²) in [4.78, 5) is 14.0. The van der Waals surface area contributed by atoms with Gasteiger partial charge in [0.1, 0.15) is 11.0 Å². The third kappa shape index (κ3) is 4.87. The molecule has 3 aromatic carbocycles. The second-order valence-corrected chi connectivity index (χ2v) is 9.13. The third-order valence-electron chi connectivity index (χ3n) is 5.10. The highest BCUT2D eigenvalue weighted by molar-refractivity contribution is 9.10. The number of aryl methyl sites for hydroxylation is 1. The third-order valence-corrected chi connectivity index (χ3v) is 5.83. The summed E-state index contributed by atoms with van der Waals surface area (Å²) in [5.74, 6) is 0.197. The van der Waals surface area contributed by atoms with E-state index in [4.69, 9.17) is 12.2 Å². The van der Waals surface area contributed by atoms with Crippen LogP contribution in [0.4, 0.5) is 5.69 Å². The number of carbonyl (C=O) groups is 1. The standard InChI is InChI=1S/C24H22BrN5OS/c1-14(2)16-6-10-19(11-7-16)30-28-21-12-15(3)20(13-22(21)29-30)26-24(32)27-23(31)17-4-8-18(25)9-5-17/h4-14H,1-3H3,(H2,26,27,31,32). The molecule has 1 heterocycles. The van der Waals surface area contributed by atoms with Crippen molar-refractivity contribution in [2.45, 2.75) is 26.7 Å². The van der Waals surface area contributed by atoms with Crippen molar-refractivity contribution in [2.75, 3.05) is 5.32 Å². The van der Waals surface area contributed by atoms with E-state index in [0.29, 0.717) is 11.5 Å². The van der Waals surface area contributed by atoms with Gasteiger partial charge in [0.2, 0.25) is 0 Å². The minimum absolute atomic E-state index is 0.219. The smallest absolute Gasteiger partial charge is 0.257 e. The molecule has 0 saturated heterocycles. The van der Waals surface area contributed by atoms with Crippen LogP contribution in [-0.4, -0.2) is 26.0 Å². The number of hydrogen-bond donors (Lipinski definition) is 2. The zero-order valence-electron chi connectivity index (χ0n) is 17.9. The molecule has 0 aliphatic carbocycles. The Bertz CT molecular complexity index is 1300. The van der Waals surface area contributed by atoms with Gasteiger partial charge in [-0.3, -0.25) is 10.1 Å². The van der Waals surface area contributed by atoms with Crippen LogP contribution < -0.4 is 10.6 Å². The Morgan fingerprint density at radius 3 is 2.25 bits per heavy atom. The lowest BCUT2D eigenvalue weighted by atomic mass is 10.0. The van der Waals surface area contributed by atoms with Crippen molar-refractivity contribution in [3.05, 3.63) is 81.8 Å². The molecule has 0 aliphatic rings. The van der Waals surface area contributed by atoms with Gasteiger partial charge in [0.25, 0.3) is 5.91 Å². The monoisotopic (exact) mass is 507 g/mol. The maximum Gasteiger partial charge on any atom is 0.257 e. The van der Waals surface area contributed by atoms with Gasteiger partial charge in [-0.15, -0.1) is 10.2 Å². The summed E-state index contributed by atoms with van der Waals surface area (Å²) >= 11 is 8.70. The van der Waals surface area contributed by atoms with E-state index in [2.05, 4.69) is 62.7 Å². The van der Waals surface area contributed by atoms with Crippen LogP contribution >= 0.6 is 28.1 Å². The van der Waals surface area contributed by atoms with Crippen LogP contribution in [0.3, 0.4) is 0 Å². The van der Waals surface area contributed by atoms with Gasteiger partial charge < -0.3 is 5.32 Å². The summed E-state index contributed by atoms with van der Waals surface area (Å²) in [6.07, 6.45) is 0. The maximum absolute atomic E-state index is 12.4. The lowest BCUT2D eigenvalue weighted by Crippen LogP contribution is -2.34. The Labute approximate surface area is 200 Å². The zero-order chi connectivity index (χ0) is 22.8. The van der Waals surface area contributed by atoms with Gasteiger partial charge in [-0.2, -0.15) is 4.80 Å². The lowest BCUT2D eigenvalue weighted by Gasteiger charge is -2.11. The van der Waals surface area contributed by atoms with Gasteiger partial charge in [-0.25, -0.2) is 0 Å². The first-order valence-corrected chi connectivity index (χ1v) is 11.4. The molecule has 1 amide bonds. The van der Waals surface area contributed by atoms with Gasteiger partial charge in [-0.1, -0.05) is 41.9 Å². The molecule has 0 fully saturated rings. The number of rotatable bonds is 4. The van der Waals surface area contributed by atoms with Crippen LogP contribution in [0.1, 0.15) is 41.3 Å². The molecule has 0 radical (unpaired) electrons. The molecule has 0 saturated carbocycles. The fourth-order valence-corrected chi connectivity index (χ4v) is 3.71. The summed E-state index contributed by atoms with van der Waals surface area (Å²) in [6, 6.07) is 19.1. The quantitative estimate of drug-likeness (QED) is 0.344. The predicted octanol–water partition coefficient (Wildman–Crippen LogP) is 5.74. The van der Waals surface area contributed by atoms with Crippen LogP contribution in [0.25, 0.3) is 16.7 Å². The first-order chi connectivity index (χ1) is 15.3. The van der Waals surface area contributed by atoms with Crippen molar-refractivity contribution in [1.82, 2.24) is 20.3 Å². The Morgan fingerprint density at radius 2 is 1.62 bits per heavy atom. The molecule has 0 bridgehead atoms. The minimum atomic E-state index is -0.274. The van der Waals surface area contributed by atoms with Crippen LogP contribution in [0.15, 0.2) is 65.1 Å². The average molecular weight is 508 g/mol. The predicted molar refractivity (Wildman–Crippen MR) is 136 cm³/mol. The van der Waals surface area contributed by atoms with Crippen LogP contribution in [0.2, 0.25) is 0 Å². The molecule has 0 spiro atoms. The van der Waals surface area contributed by atoms with Crippen LogP contribution in [0, 0.1) is 6.92 Å². The molecule has 4 rings (SSSR count). The topological polar surface area (TPSA) is 71.8 Å². The number of hydrogen-bond acceptors (Lipinski definition) is 4. The number of nitrogens with one attached hydrogen (secondary N) is 2. The number of aromatic nitrogens is 3. The van der Waals surface area contributed by atoms with Gasteiger partial charge in [-0.05, 0) is 84.7 Å². The number of carbonyl (C=O) groups excluding carboxylic acids is 1. The number of fused-ring (bicyclic) bond motifs is 1. The number of nitrogens with zero attached hydrogens (tertiary/aromatic N) is 3. The normalized spacial score (nSPS) is 11.0. The molecule has 0 atom stereocenters. The van der Waals surface area contributed by atoms with E-state index >= 15 is 0 Å². The van der Waals surface area contributed by atoms with E-state index in [9.17, 15) is 4.79 Å². The van der Waals surface area contributed by atoms with Crippen molar-refractivity contribution >= 4 is 55.9 Å². The summed E-state index contributed by atoms with van der Waals surface area (Å²) in [7, 11) is 0. The highest BCUT2D eigenvalue weighted by atomic mass is 79.9. The maximum atomic E-state index is 12.4. The van der Waals surface area contributed by atoms with Crippen LogP contribution in [0.5, 0.6) is 0 Å². The molecule has 32 heavy (non-hydrogen) atoms. The van der Waals surface area contributed by atoms with Gasteiger partial charge >= 0.3 is 0 Å². The fourth-order valence-electron chi connectivity index (χ4n) is 3.24. The first-order valence-electron chi connectivity index (χ1n) is 10.2. The van der Waals surface area contributed by atoms with Crippen molar-refractivity contribution in [2.24, 2.45) is 0 Å². The molecule has 8 heteroatoms. The van der Waals surface area contributed by atoms with E-state index in [1.807, 2.05) is 43.3 Å². The summed E-state index contributed by atoms with van der Waals surface area (Å²) in [5.41, 5.74) is 5.91. The Morgan fingerprint density at radius 1 is 1.00 bits per heavy atom. The highest BCUT2D eigenvalue weighted by Gasteiger charge is 2.12. The molecule has 162 valence electrons. The van der Waals surface area contributed by atoms with Crippen molar-refractivity contribution in [3.8, 4) is 5.69 Å². The number of anilines is 1. The molecule has 1 aromatic heterocycles. The van der Waals surface area contributed by atoms with Crippen molar-refractivity contribution < 1.29 is 4.79 Å². The zero-order valence-corrected chi connectivity index (χ0v) is 20.3. The van der Waals surface area contributed by atoms with Crippen molar-refractivity contribution in [3.63, 3.8) is 0 Å². The molecule has 6 nitrogen and oxygen atoms in total. The van der Waals surface area contributed by atoms with Gasteiger partial charge in [0.15, 0.2) is 5.11 Å². The van der Waals surface area contributed by atoms with Gasteiger partial charge in [0, 0.05) is 15.7 Å². The Hall–Kier alpha value is -3.10. The SMILES string of the molecule is Cc1cc2nn(-c3ccc(C(C)C)cc3)nc2cc1NC(=S)NC(=O)c1ccc(Br)cc1. The first kappa shape index (κ1) is 22.1. The van der Waals surface area contributed by atoms with E-state index in [1.165, 1.54) is 5.56 Å². The van der Waals surface area contributed by atoms with Crippen molar-refractivity contribution in [1.29, 1.82) is 0 Å². The van der Waals surface area contributed by atoms with Gasteiger partial charge in [0.05, 0.1) is 5.69 Å². The van der Waals surface area contributed by atoms with Crippen LogP contribution in [-0.2, 0) is 0 Å².